The molecule has 0 radical (unpaired) electrons. The third-order valence-electron chi connectivity index (χ3n) is 3.27. The van der Waals surface area contributed by atoms with Crippen molar-refractivity contribution in [1.29, 1.82) is 0 Å². The van der Waals surface area contributed by atoms with Crippen LogP contribution in [0, 0.1) is 0 Å². The second kappa shape index (κ2) is 9.50. The molecular formula is C18H14ClN3O3S2. The molecule has 27 heavy (non-hydrogen) atoms. The van der Waals surface area contributed by atoms with E-state index in [0.717, 1.165) is 0 Å². The summed E-state index contributed by atoms with van der Waals surface area (Å²) in [7, 11) is 0. The second-order valence-corrected chi connectivity index (χ2v) is 7.83. The molecule has 1 N–H and O–H groups in total. The van der Waals surface area contributed by atoms with Crippen molar-refractivity contribution in [1.82, 2.24) is 10.2 Å². The van der Waals surface area contributed by atoms with Gasteiger partial charge in [0.25, 0.3) is 5.91 Å². The number of hydrogen-bond acceptors (Lipinski definition) is 7. The summed E-state index contributed by atoms with van der Waals surface area (Å²) in [5.41, 5.74) is 0.653. The highest BCUT2D eigenvalue weighted by Gasteiger charge is 2.12. The van der Waals surface area contributed by atoms with Crippen molar-refractivity contribution in [2.45, 2.75) is 4.34 Å². The normalized spacial score (nSPS) is 10.4. The molecule has 0 spiro atoms. The number of carbonyl (C=O) groups excluding carboxylic acids is 2. The maximum absolute atomic E-state index is 12.1. The Hall–Kier alpha value is -2.42. The molecule has 0 aliphatic carbocycles. The number of halogens is 1. The number of hydrogen-bond donors (Lipinski definition) is 1. The Labute approximate surface area is 168 Å². The lowest BCUT2D eigenvalue weighted by Crippen LogP contribution is -2.20. The summed E-state index contributed by atoms with van der Waals surface area (Å²) >= 11 is 8.45. The van der Waals surface area contributed by atoms with Crippen molar-refractivity contribution >= 4 is 51.5 Å². The molecule has 0 fully saturated rings. The predicted molar refractivity (Wildman–Crippen MR) is 107 cm³/mol. The second-order valence-electron chi connectivity index (χ2n) is 5.22. The van der Waals surface area contributed by atoms with Crippen LogP contribution in [0.2, 0.25) is 5.02 Å². The van der Waals surface area contributed by atoms with Gasteiger partial charge in [-0.2, -0.15) is 0 Å². The Morgan fingerprint density at radius 1 is 1.07 bits per heavy atom. The molecular weight excluding hydrogens is 406 g/mol. The molecule has 0 aliphatic heterocycles. The summed E-state index contributed by atoms with van der Waals surface area (Å²) in [6, 6.07) is 15.9. The molecule has 2 aromatic carbocycles. The van der Waals surface area contributed by atoms with Crippen molar-refractivity contribution in [2.75, 3.05) is 17.7 Å². The first kappa shape index (κ1) is 19.3. The lowest BCUT2D eigenvalue weighted by atomic mass is 10.2. The van der Waals surface area contributed by atoms with Crippen LogP contribution >= 0.6 is 34.7 Å². The fraction of sp³-hybridized carbons (Fsp3) is 0.111. The van der Waals surface area contributed by atoms with Gasteiger partial charge in [0.1, 0.15) is 5.75 Å². The zero-order chi connectivity index (χ0) is 19.1. The number of aromatic nitrogens is 2. The number of benzene rings is 2. The van der Waals surface area contributed by atoms with Crippen LogP contribution in [0.1, 0.15) is 10.4 Å². The highest BCUT2D eigenvalue weighted by atomic mass is 35.5. The SMILES string of the molecule is O=C(COc1ccccc1Cl)Nc1nnc(SCC(=O)c2ccccc2)s1. The molecule has 9 heteroatoms. The van der Waals surface area contributed by atoms with Gasteiger partial charge in [0.05, 0.1) is 10.8 Å². The monoisotopic (exact) mass is 419 g/mol. The molecule has 0 bridgehead atoms. The van der Waals surface area contributed by atoms with E-state index in [1.165, 1.54) is 23.1 Å². The highest BCUT2D eigenvalue weighted by molar-refractivity contribution is 8.01. The average Bonchev–Trinajstić information content (AvgIpc) is 3.13. The number of Topliss-reactive ketones (excluding diaryl/α,β-unsaturated/α-hetero) is 1. The van der Waals surface area contributed by atoms with Gasteiger partial charge < -0.3 is 4.74 Å². The lowest BCUT2D eigenvalue weighted by Gasteiger charge is -2.06. The number of amides is 1. The van der Waals surface area contributed by atoms with E-state index in [1.54, 1.807) is 36.4 Å². The molecule has 0 saturated heterocycles. The van der Waals surface area contributed by atoms with Crippen LogP contribution < -0.4 is 10.1 Å². The zero-order valence-corrected chi connectivity index (χ0v) is 16.3. The zero-order valence-electron chi connectivity index (χ0n) is 13.9. The van der Waals surface area contributed by atoms with Crippen LogP contribution in [-0.4, -0.2) is 34.2 Å². The molecule has 0 aliphatic rings. The van der Waals surface area contributed by atoms with Crippen LogP contribution in [0.3, 0.4) is 0 Å². The maximum atomic E-state index is 12.1. The van der Waals surface area contributed by atoms with Gasteiger partial charge in [-0.1, -0.05) is 77.2 Å². The van der Waals surface area contributed by atoms with E-state index < -0.39 is 0 Å². The van der Waals surface area contributed by atoms with Crippen LogP contribution in [0.5, 0.6) is 5.75 Å². The quantitative estimate of drug-likeness (QED) is 0.335. The number of thioether (sulfide) groups is 1. The van der Waals surface area contributed by atoms with Gasteiger partial charge in [-0.3, -0.25) is 14.9 Å². The van der Waals surface area contributed by atoms with Crippen molar-refractivity contribution in [3.8, 4) is 5.75 Å². The van der Waals surface area contributed by atoms with Crippen molar-refractivity contribution in [3.05, 3.63) is 65.2 Å². The summed E-state index contributed by atoms with van der Waals surface area (Å²) in [5, 5.41) is 11.3. The van der Waals surface area contributed by atoms with Crippen LogP contribution in [0.15, 0.2) is 58.9 Å². The first-order chi connectivity index (χ1) is 13.1. The van der Waals surface area contributed by atoms with E-state index in [9.17, 15) is 9.59 Å². The number of ether oxygens (including phenoxy) is 1. The van der Waals surface area contributed by atoms with E-state index in [-0.39, 0.29) is 24.1 Å². The minimum atomic E-state index is -0.372. The number of para-hydroxylation sites is 1. The fourth-order valence-corrected chi connectivity index (χ4v) is 3.87. The molecule has 0 unspecified atom stereocenters. The van der Waals surface area contributed by atoms with Crippen LogP contribution in [0.25, 0.3) is 0 Å². The van der Waals surface area contributed by atoms with E-state index in [4.69, 9.17) is 16.3 Å². The van der Waals surface area contributed by atoms with Gasteiger partial charge in [0.15, 0.2) is 16.7 Å². The Kier molecular flexibility index (Phi) is 6.80. The van der Waals surface area contributed by atoms with Crippen molar-refractivity contribution in [2.24, 2.45) is 0 Å². The third-order valence-corrected chi connectivity index (χ3v) is 5.55. The minimum Gasteiger partial charge on any atom is -0.482 e. The van der Waals surface area contributed by atoms with Gasteiger partial charge in [0.2, 0.25) is 5.13 Å². The molecule has 1 aromatic heterocycles. The molecule has 0 saturated carbocycles. The summed E-state index contributed by atoms with van der Waals surface area (Å²) < 4.78 is 5.97. The van der Waals surface area contributed by atoms with Gasteiger partial charge in [0, 0.05) is 5.56 Å². The smallest absolute Gasteiger partial charge is 0.264 e. The molecule has 138 valence electrons. The molecule has 3 aromatic rings. The maximum Gasteiger partial charge on any atom is 0.264 e. The number of nitrogens with one attached hydrogen (secondary N) is 1. The summed E-state index contributed by atoms with van der Waals surface area (Å²) in [4.78, 5) is 24.0. The Balaban J connectivity index is 1.47. The first-order valence-electron chi connectivity index (χ1n) is 7.83. The lowest BCUT2D eigenvalue weighted by molar-refractivity contribution is -0.118. The van der Waals surface area contributed by atoms with Gasteiger partial charge in [-0.15, -0.1) is 10.2 Å². The van der Waals surface area contributed by atoms with E-state index >= 15 is 0 Å². The largest absolute Gasteiger partial charge is 0.482 e. The predicted octanol–water partition coefficient (Wildman–Crippen LogP) is 4.18. The molecule has 3 rings (SSSR count). The molecule has 1 heterocycles. The van der Waals surface area contributed by atoms with Crippen LogP contribution in [-0.2, 0) is 4.79 Å². The van der Waals surface area contributed by atoms with E-state index in [1.807, 2.05) is 18.2 Å². The number of rotatable bonds is 8. The minimum absolute atomic E-state index is 0.00882. The number of nitrogens with zero attached hydrogens (tertiary/aromatic N) is 2. The van der Waals surface area contributed by atoms with Crippen molar-refractivity contribution < 1.29 is 14.3 Å². The average molecular weight is 420 g/mol. The Bertz CT molecular complexity index is 934. The first-order valence-corrected chi connectivity index (χ1v) is 10.0. The summed E-state index contributed by atoms with van der Waals surface area (Å²) in [6.45, 7) is -0.196. The molecule has 6 nitrogen and oxygen atoms in total. The topological polar surface area (TPSA) is 81.2 Å². The molecule has 1 amide bonds. The third kappa shape index (κ3) is 5.78. The van der Waals surface area contributed by atoms with E-state index in [2.05, 4.69) is 15.5 Å². The fourth-order valence-electron chi connectivity index (χ4n) is 2.01. The van der Waals surface area contributed by atoms with Gasteiger partial charge in [-0.25, -0.2) is 0 Å². The van der Waals surface area contributed by atoms with Gasteiger partial charge in [-0.05, 0) is 12.1 Å². The standard InChI is InChI=1S/C18H14ClN3O3S2/c19-13-8-4-5-9-15(13)25-10-16(24)20-17-21-22-18(27-17)26-11-14(23)12-6-2-1-3-7-12/h1-9H,10-11H2,(H,20,21,24). The summed E-state index contributed by atoms with van der Waals surface area (Å²) in [5.74, 6) is 0.321. The highest BCUT2D eigenvalue weighted by Crippen LogP contribution is 2.26. The van der Waals surface area contributed by atoms with Gasteiger partial charge >= 0.3 is 0 Å². The number of carbonyl (C=O) groups is 2. The number of ketones is 1. The summed E-state index contributed by atoms with van der Waals surface area (Å²) in [6.07, 6.45) is 0. The Morgan fingerprint density at radius 2 is 1.81 bits per heavy atom. The Morgan fingerprint density at radius 3 is 2.59 bits per heavy atom. The van der Waals surface area contributed by atoms with E-state index in [0.29, 0.717) is 25.8 Å². The number of anilines is 1. The molecule has 0 atom stereocenters. The van der Waals surface area contributed by atoms with Crippen LogP contribution in [0.4, 0.5) is 5.13 Å². The van der Waals surface area contributed by atoms with Crippen molar-refractivity contribution in [3.63, 3.8) is 0 Å².